The molecule has 0 aromatic rings. The molecule has 0 aliphatic heterocycles. The molecule has 0 aliphatic rings. The highest BCUT2D eigenvalue weighted by Gasteiger charge is 1.97. The minimum absolute atomic E-state index is 0.158. The molecule has 1 N–H and O–H groups in total. The van der Waals surface area contributed by atoms with Crippen LogP contribution in [0.4, 0.5) is 0 Å². The molecule has 0 saturated heterocycles. The van der Waals surface area contributed by atoms with Gasteiger partial charge in [0.05, 0.1) is 6.26 Å². The van der Waals surface area contributed by atoms with E-state index in [0.29, 0.717) is 0 Å². The summed E-state index contributed by atoms with van der Waals surface area (Å²) >= 11 is -1.14. The number of unbranched alkanes of at least 4 members (excludes halogenated alkanes) is 1. The quantitative estimate of drug-likeness (QED) is 0.571. The Morgan fingerprint density at radius 3 is 2.00 bits per heavy atom. The van der Waals surface area contributed by atoms with Gasteiger partial charge in [-0.05, 0) is 11.2 Å². The summed E-state index contributed by atoms with van der Waals surface area (Å²) in [5.41, 5.74) is 0. The fraction of sp³-hybridized carbons (Fsp3) is 1.00. The zero-order valence-corrected chi connectivity index (χ0v) is 9.52. The first-order valence-corrected chi connectivity index (χ1v) is 6.69. The van der Waals surface area contributed by atoms with E-state index in [0.717, 1.165) is 0 Å². The maximum absolute atomic E-state index is 10.1. The predicted molar refractivity (Wildman–Crippen MR) is 51.8 cm³/mol. The summed E-state index contributed by atoms with van der Waals surface area (Å²) in [5, 5.41) is 0. The van der Waals surface area contributed by atoms with Crippen molar-refractivity contribution >= 4 is 19.4 Å². The SMILES string of the molecule is CCCC.C[S+]([O-])CO[PH](=O)O. The maximum Gasteiger partial charge on any atom is 0.320 e. The molecule has 0 aromatic heterocycles. The van der Waals surface area contributed by atoms with Crippen molar-refractivity contribution in [2.24, 2.45) is 0 Å². The van der Waals surface area contributed by atoms with Crippen LogP contribution in [0.15, 0.2) is 0 Å². The fourth-order valence-electron chi connectivity index (χ4n) is 0.133. The lowest BCUT2D eigenvalue weighted by atomic mass is 10.4. The van der Waals surface area contributed by atoms with E-state index >= 15 is 0 Å². The smallest absolute Gasteiger partial charge is 0.320 e. The highest BCUT2D eigenvalue weighted by Crippen LogP contribution is 2.14. The first-order valence-electron chi connectivity index (χ1n) is 3.70. The third-order valence-corrected chi connectivity index (χ3v) is 1.90. The van der Waals surface area contributed by atoms with E-state index in [4.69, 9.17) is 4.89 Å². The van der Waals surface area contributed by atoms with Gasteiger partial charge in [-0.2, -0.15) is 0 Å². The van der Waals surface area contributed by atoms with E-state index in [1.165, 1.54) is 19.1 Å². The van der Waals surface area contributed by atoms with Crippen LogP contribution in [0.1, 0.15) is 26.7 Å². The third kappa shape index (κ3) is 22.4. The topological polar surface area (TPSA) is 69.6 Å². The minimum atomic E-state index is -2.87. The summed E-state index contributed by atoms with van der Waals surface area (Å²) < 4.78 is 23.9. The molecule has 0 amide bonds. The molecule has 76 valence electrons. The van der Waals surface area contributed by atoms with E-state index in [9.17, 15) is 9.12 Å². The second kappa shape index (κ2) is 11.5. The average molecular weight is 216 g/mol. The highest BCUT2D eigenvalue weighted by molar-refractivity contribution is 7.90. The molecule has 2 atom stereocenters. The van der Waals surface area contributed by atoms with E-state index in [1.54, 1.807) is 0 Å². The highest BCUT2D eigenvalue weighted by atomic mass is 32.2. The number of rotatable bonds is 4. The number of hydrogen-bond acceptors (Lipinski definition) is 3. The van der Waals surface area contributed by atoms with Crippen molar-refractivity contribution in [3.05, 3.63) is 0 Å². The fourth-order valence-corrected chi connectivity index (χ4v) is 1.20. The Balaban J connectivity index is 0. The molecule has 0 fully saturated rings. The second-order valence-electron chi connectivity index (χ2n) is 2.10. The zero-order chi connectivity index (χ0) is 9.98. The lowest BCUT2D eigenvalue weighted by Crippen LogP contribution is -2.02. The second-order valence-corrected chi connectivity index (χ2v) is 4.30. The molecule has 0 spiro atoms. The van der Waals surface area contributed by atoms with Gasteiger partial charge in [-0.3, -0.25) is 9.09 Å². The summed E-state index contributed by atoms with van der Waals surface area (Å²) in [6.45, 7) is 4.36. The molecule has 0 saturated carbocycles. The Labute approximate surface area is 77.5 Å². The average Bonchev–Trinajstić information content (AvgIpc) is 2.01. The molecule has 0 aliphatic carbocycles. The van der Waals surface area contributed by atoms with Crippen LogP contribution in [0.25, 0.3) is 0 Å². The Kier molecular flexibility index (Phi) is 14.3. The molecule has 0 heterocycles. The standard InChI is InChI=1S/C4H10.C2H7O4PS/c1-3-4-2;1-8(5)2-6-7(3)4/h3-4H2,1-2H3;7H,2H2,1H3,(H,3,4). The molecule has 0 radical (unpaired) electrons. The van der Waals surface area contributed by atoms with Crippen molar-refractivity contribution in [2.75, 3.05) is 12.2 Å². The molecule has 0 rings (SSSR count). The van der Waals surface area contributed by atoms with Gasteiger partial charge in [0.15, 0.2) is 0 Å². The van der Waals surface area contributed by atoms with Crippen molar-refractivity contribution in [3.63, 3.8) is 0 Å². The van der Waals surface area contributed by atoms with Gasteiger partial charge in [0.2, 0.25) is 5.94 Å². The van der Waals surface area contributed by atoms with Gasteiger partial charge in [-0.25, -0.2) is 0 Å². The van der Waals surface area contributed by atoms with Crippen molar-refractivity contribution in [2.45, 2.75) is 26.7 Å². The van der Waals surface area contributed by atoms with Crippen LogP contribution in [-0.4, -0.2) is 21.6 Å². The van der Waals surface area contributed by atoms with E-state index in [-0.39, 0.29) is 5.94 Å². The molecule has 12 heavy (non-hydrogen) atoms. The van der Waals surface area contributed by atoms with Crippen LogP contribution < -0.4 is 0 Å². The summed E-state index contributed by atoms with van der Waals surface area (Å²) in [4.78, 5) is 7.99. The first kappa shape index (κ1) is 15.0. The van der Waals surface area contributed by atoms with Gasteiger partial charge in [-0.1, -0.05) is 26.7 Å². The van der Waals surface area contributed by atoms with Gasteiger partial charge in [0.1, 0.15) is 0 Å². The Morgan fingerprint density at radius 2 is 1.92 bits per heavy atom. The summed E-state index contributed by atoms with van der Waals surface area (Å²) in [5.74, 6) is -0.158. The van der Waals surface area contributed by atoms with Crippen LogP contribution in [0, 0.1) is 0 Å². The normalized spacial score (nSPS) is 14.4. The van der Waals surface area contributed by atoms with Crippen LogP contribution >= 0.6 is 8.25 Å². The van der Waals surface area contributed by atoms with Gasteiger partial charge < -0.3 is 9.45 Å². The van der Waals surface area contributed by atoms with E-state index < -0.39 is 19.4 Å². The molecule has 4 nitrogen and oxygen atoms in total. The van der Waals surface area contributed by atoms with Gasteiger partial charge in [0, 0.05) is 0 Å². The monoisotopic (exact) mass is 216 g/mol. The van der Waals surface area contributed by atoms with Crippen LogP contribution in [0.3, 0.4) is 0 Å². The molecular weight excluding hydrogens is 199 g/mol. The van der Waals surface area contributed by atoms with Gasteiger partial charge >= 0.3 is 8.25 Å². The van der Waals surface area contributed by atoms with Gasteiger partial charge in [-0.15, -0.1) is 0 Å². The maximum atomic E-state index is 10.1. The summed E-state index contributed by atoms with van der Waals surface area (Å²) in [7, 11) is -2.87. The van der Waals surface area contributed by atoms with Crippen molar-refractivity contribution in [1.82, 2.24) is 0 Å². The van der Waals surface area contributed by atoms with Crippen LogP contribution in [0.2, 0.25) is 0 Å². The van der Waals surface area contributed by atoms with Gasteiger partial charge in [0.25, 0.3) is 0 Å². The third-order valence-electron chi connectivity index (χ3n) is 0.848. The molecule has 0 bridgehead atoms. The Hall–Kier alpha value is 0.460. The minimum Gasteiger partial charge on any atom is -0.615 e. The summed E-state index contributed by atoms with van der Waals surface area (Å²) in [6, 6.07) is 0. The van der Waals surface area contributed by atoms with Crippen molar-refractivity contribution < 1.29 is 18.5 Å². The van der Waals surface area contributed by atoms with Crippen molar-refractivity contribution in [3.8, 4) is 0 Å². The predicted octanol–water partition coefficient (Wildman–Crippen LogP) is 1.53. The number of hydrogen-bond donors (Lipinski definition) is 1. The molecule has 2 unspecified atom stereocenters. The Bertz CT molecular complexity index is 108. The first-order chi connectivity index (χ1) is 5.54. The van der Waals surface area contributed by atoms with Crippen LogP contribution in [0.5, 0.6) is 0 Å². The molecule has 6 heteroatoms. The summed E-state index contributed by atoms with van der Waals surface area (Å²) in [6.07, 6.45) is 4.03. The molecular formula is C6H17O4PS. The molecule has 0 aromatic carbocycles. The van der Waals surface area contributed by atoms with Crippen molar-refractivity contribution in [1.29, 1.82) is 0 Å². The lowest BCUT2D eigenvalue weighted by Gasteiger charge is -2.01. The van der Waals surface area contributed by atoms with E-state index in [1.807, 2.05) is 0 Å². The zero-order valence-electron chi connectivity index (χ0n) is 7.70. The largest absolute Gasteiger partial charge is 0.615 e. The van der Waals surface area contributed by atoms with E-state index in [2.05, 4.69) is 18.4 Å². The van der Waals surface area contributed by atoms with Crippen LogP contribution in [-0.2, 0) is 20.3 Å². The Morgan fingerprint density at radius 1 is 1.50 bits per heavy atom. The lowest BCUT2D eigenvalue weighted by molar-refractivity contribution is 0.323.